The Kier molecular flexibility index (Phi) is 10.6. The van der Waals surface area contributed by atoms with Crippen LogP contribution in [0.5, 0.6) is 23.0 Å². The molecule has 0 spiro atoms. The zero-order valence-corrected chi connectivity index (χ0v) is 32.4. The Morgan fingerprint density at radius 3 is 2.22 bits per heavy atom. The lowest BCUT2D eigenvalue weighted by molar-refractivity contribution is -0.115. The molecule has 13 nitrogen and oxygen atoms in total. The molecule has 1 unspecified atom stereocenters. The largest absolute Gasteiger partial charge is 0.493 e. The number of ether oxygens (including phenoxy) is 4. The summed E-state index contributed by atoms with van der Waals surface area (Å²) < 4.78 is 24.0. The minimum absolute atomic E-state index is 0.0717. The van der Waals surface area contributed by atoms with Crippen molar-refractivity contribution in [1.29, 1.82) is 0 Å². The van der Waals surface area contributed by atoms with E-state index in [4.69, 9.17) is 23.9 Å². The first-order chi connectivity index (χ1) is 28.3. The number of anilines is 3. The SMILES string of the molecule is C=Nc1cc(OCc2cc(COc3cc4c(cc3OC)C(=O)N3c5ccccc5CC3C=N4)cc(NC(=O)CNC)c2)c(OC)cc1C(=O)N1CCc2ccccc21. The van der Waals surface area contributed by atoms with Gasteiger partial charge in [0.05, 0.1) is 49.3 Å². The summed E-state index contributed by atoms with van der Waals surface area (Å²) in [6.07, 6.45) is 3.26. The van der Waals surface area contributed by atoms with Gasteiger partial charge in [0.1, 0.15) is 13.2 Å². The third-order valence-corrected chi connectivity index (χ3v) is 10.4. The Morgan fingerprint density at radius 2 is 1.52 bits per heavy atom. The maximum Gasteiger partial charge on any atom is 0.261 e. The highest BCUT2D eigenvalue weighted by Crippen LogP contribution is 2.42. The van der Waals surface area contributed by atoms with Crippen molar-refractivity contribution in [2.75, 3.05) is 49.5 Å². The molecule has 3 amide bonds. The molecule has 0 fully saturated rings. The van der Waals surface area contributed by atoms with E-state index in [1.54, 1.807) is 41.1 Å². The second-order valence-electron chi connectivity index (χ2n) is 14.1. The van der Waals surface area contributed by atoms with Gasteiger partial charge < -0.3 is 34.5 Å². The molecule has 13 heteroatoms. The number of carbonyl (C=O) groups excluding carboxylic acids is 3. The van der Waals surface area contributed by atoms with Gasteiger partial charge in [0.15, 0.2) is 23.0 Å². The molecule has 0 saturated heterocycles. The van der Waals surface area contributed by atoms with Crippen LogP contribution in [0.25, 0.3) is 0 Å². The van der Waals surface area contributed by atoms with E-state index in [0.29, 0.717) is 64.2 Å². The average molecular weight is 779 g/mol. The number of rotatable bonds is 13. The molecule has 0 saturated carbocycles. The van der Waals surface area contributed by atoms with Gasteiger partial charge in [-0.15, -0.1) is 0 Å². The lowest BCUT2D eigenvalue weighted by Crippen LogP contribution is -2.37. The molecule has 294 valence electrons. The molecule has 0 aliphatic carbocycles. The minimum atomic E-state index is -0.227. The van der Waals surface area contributed by atoms with Crippen LogP contribution in [0, 0.1) is 0 Å². The fourth-order valence-electron chi connectivity index (χ4n) is 7.70. The first kappa shape index (κ1) is 37.9. The van der Waals surface area contributed by atoms with E-state index in [0.717, 1.165) is 40.0 Å². The summed E-state index contributed by atoms with van der Waals surface area (Å²) in [5.41, 5.74) is 7.55. The van der Waals surface area contributed by atoms with Crippen LogP contribution >= 0.6 is 0 Å². The van der Waals surface area contributed by atoms with Gasteiger partial charge in [-0.1, -0.05) is 36.4 Å². The number of nitrogens with zero attached hydrogens (tertiary/aromatic N) is 4. The van der Waals surface area contributed by atoms with Gasteiger partial charge in [-0.25, -0.2) is 0 Å². The quantitative estimate of drug-likeness (QED) is 0.124. The van der Waals surface area contributed by atoms with Crippen molar-refractivity contribution in [3.05, 3.63) is 124 Å². The van der Waals surface area contributed by atoms with E-state index in [-0.39, 0.29) is 43.5 Å². The summed E-state index contributed by atoms with van der Waals surface area (Å²) in [5, 5.41) is 5.79. The Bertz CT molecular complexity index is 2480. The van der Waals surface area contributed by atoms with Crippen molar-refractivity contribution < 1.29 is 33.3 Å². The molecule has 58 heavy (non-hydrogen) atoms. The van der Waals surface area contributed by atoms with E-state index in [1.807, 2.05) is 72.9 Å². The van der Waals surface area contributed by atoms with Crippen LogP contribution in [0.3, 0.4) is 0 Å². The summed E-state index contributed by atoms with van der Waals surface area (Å²) in [7, 11) is 4.73. The van der Waals surface area contributed by atoms with E-state index in [9.17, 15) is 14.4 Å². The lowest BCUT2D eigenvalue weighted by Gasteiger charge is -2.22. The number of nitrogens with one attached hydrogen (secondary N) is 2. The number of methoxy groups -OCH3 is 2. The van der Waals surface area contributed by atoms with Crippen LogP contribution in [0.1, 0.15) is 43.0 Å². The van der Waals surface area contributed by atoms with E-state index < -0.39 is 0 Å². The minimum Gasteiger partial charge on any atom is -0.493 e. The predicted molar refractivity (Wildman–Crippen MR) is 224 cm³/mol. The molecular weight excluding hydrogens is 737 g/mol. The highest BCUT2D eigenvalue weighted by atomic mass is 16.5. The maximum absolute atomic E-state index is 13.9. The first-order valence-electron chi connectivity index (χ1n) is 18.9. The fraction of sp³-hybridized carbons (Fsp3) is 0.222. The van der Waals surface area contributed by atoms with Crippen LogP contribution in [-0.4, -0.2) is 71.1 Å². The van der Waals surface area contributed by atoms with Crippen molar-refractivity contribution in [1.82, 2.24) is 5.32 Å². The number of hydrogen-bond acceptors (Lipinski definition) is 10. The summed E-state index contributed by atoms with van der Waals surface area (Å²) >= 11 is 0. The van der Waals surface area contributed by atoms with Gasteiger partial charge in [0.2, 0.25) is 5.91 Å². The fourth-order valence-corrected chi connectivity index (χ4v) is 7.70. The third kappa shape index (κ3) is 7.35. The van der Waals surface area contributed by atoms with Gasteiger partial charge >= 0.3 is 0 Å². The van der Waals surface area contributed by atoms with E-state index in [2.05, 4.69) is 22.3 Å². The summed E-state index contributed by atoms with van der Waals surface area (Å²) in [6.45, 7) is 4.56. The topological polar surface area (TPSA) is 143 Å². The summed E-state index contributed by atoms with van der Waals surface area (Å²) in [5.74, 6) is 0.901. The average Bonchev–Trinajstić information content (AvgIpc) is 3.81. The normalized spacial score (nSPS) is 14.8. The lowest BCUT2D eigenvalue weighted by atomic mass is 10.1. The van der Waals surface area contributed by atoms with Crippen molar-refractivity contribution >= 4 is 59.1 Å². The zero-order valence-electron chi connectivity index (χ0n) is 32.4. The van der Waals surface area contributed by atoms with Crippen LogP contribution in [0.2, 0.25) is 0 Å². The van der Waals surface area contributed by atoms with E-state index >= 15 is 0 Å². The standard InChI is InChI=1S/C45H42N6O7/c1-46-24-43(52)49-31-16-27(25-57-41-21-35(47-2)33(19-39(41)55-3)44(53)50-14-13-29-9-5-7-11-37(29)50)15-28(17-31)26-58-42-22-36-34(20-40(42)56-4)45(54)51-32(23-48-36)18-30-10-6-8-12-38(30)51/h5-12,15-17,19-23,32,46H,2,13-14,18,24-26H2,1,3-4H3,(H,49,52). The highest BCUT2D eigenvalue weighted by Gasteiger charge is 2.36. The molecular formula is C45H42N6O7. The molecule has 2 N–H and O–H groups in total. The van der Waals surface area contributed by atoms with Gasteiger partial charge in [-0.3, -0.25) is 29.3 Å². The monoisotopic (exact) mass is 778 g/mol. The van der Waals surface area contributed by atoms with Gasteiger partial charge in [0, 0.05) is 48.4 Å². The molecule has 3 aliphatic heterocycles. The molecule has 5 aromatic rings. The Morgan fingerprint density at radius 1 is 0.845 bits per heavy atom. The second kappa shape index (κ2) is 16.2. The van der Waals surface area contributed by atoms with Gasteiger partial charge in [0.25, 0.3) is 11.8 Å². The number of benzene rings is 5. The molecule has 3 aliphatic rings. The zero-order chi connectivity index (χ0) is 40.3. The summed E-state index contributed by atoms with van der Waals surface area (Å²) in [6, 6.07) is 27.7. The molecule has 5 aromatic carbocycles. The van der Waals surface area contributed by atoms with Crippen LogP contribution < -0.4 is 39.4 Å². The van der Waals surface area contributed by atoms with Crippen LogP contribution in [0.4, 0.5) is 28.4 Å². The molecule has 0 bridgehead atoms. The maximum atomic E-state index is 13.9. The number of likely N-dealkylation sites (N-methyl/N-ethyl adjacent to an activating group) is 1. The number of fused-ring (bicyclic) bond motifs is 5. The molecule has 1 atom stereocenters. The number of aliphatic imine (C=N–C) groups is 2. The molecule has 3 heterocycles. The second-order valence-corrected chi connectivity index (χ2v) is 14.1. The molecule has 8 rings (SSSR count). The van der Waals surface area contributed by atoms with Crippen molar-refractivity contribution in [2.24, 2.45) is 9.98 Å². The van der Waals surface area contributed by atoms with Crippen LogP contribution in [0.15, 0.2) is 101 Å². The van der Waals surface area contributed by atoms with Gasteiger partial charge in [-0.05, 0) is 84.9 Å². The van der Waals surface area contributed by atoms with Gasteiger partial charge in [-0.2, -0.15) is 0 Å². The Labute approximate surface area is 335 Å². The van der Waals surface area contributed by atoms with Crippen molar-refractivity contribution in [3.63, 3.8) is 0 Å². The van der Waals surface area contributed by atoms with E-state index in [1.165, 1.54) is 14.2 Å². The van der Waals surface area contributed by atoms with Crippen LogP contribution in [-0.2, 0) is 30.8 Å². The highest BCUT2D eigenvalue weighted by molar-refractivity contribution is 6.15. The smallest absolute Gasteiger partial charge is 0.261 e. The predicted octanol–water partition coefficient (Wildman–Crippen LogP) is 6.84. The number of para-hydroxylation sites is 2. The first-order valence-corrected chi connectivity index (χ1v) is 18.9. The van der Waals surface area contributed by atoms with Crippen molar-refractivity contribution in [3.8, 4) is 23.0 Å². The summed E-state index contributed by atoms with van der Waals surface area (Å²) in [4.78, 5) is 52.8. The number of hydrogen-bond donors (Lipinski definition) is 2. The number of carbonyl (C=O) groups is 3. The van der Waals surface area contributed by atoms with Crippen molar-refractivity contribution in [2.45, 2.75) is 32.1 Å². The Hall–Kier alpha value is -6.99. The molecule has 0 aromatic heterocycles. The molecule has 0 radical (unpaired) electrons. The number of amides is 3. The third-order valence-electron chi connectivity index (χ3n) is 10.4. The Balaban J connectivity index is 1.03.